The van der Waals surface area contributed by atoms with Gasteiger partial charge in [-0.3, -0.25) is 4.79 Å². The first-order chi connectivity index (χ1) is 8.14. The number of rotatable bonds is 2. The summed E-state index contributed by atoms with van der Waals surface area (Å²) in [5.74, 6) is -0.00269. The number of nitrogens with zero attached hydrogens (tertiary/aromatic N) is 1. The number of hydrogen-bond donors (Lipinski definition) is 2. The molecule has 2 rings (SSSR count). The minimum absolute atomic E-state index is 0.00269. The molecule has 1 saturated carbocycles. The van der Waals surface area contributed by atoms with Gasteiger partial charge in [0.25, 0.3) is 0 Å². The Morgan fingerprint density at radius 2 is 1.59 bits per heavy atom. The third-order valence-electron chi connectivity index (χ3n) is 3.86. The Labute approximate surface area is 101 Å². The minimum atomic E-state index is -1.08. The van der Waals surface area contributed by atoms with Crippen molar-refractivity contribution in [3.8, 4) is 0 Å². The molecule has 0 aromatic carbocycles. The Balaban J connectivity index is 2.12. The summed E-state index contributed by atoms with van der Waals surface area (Å²) in [6, 6.07) is 0. The molecule has 2 N–H and O–H groups in total. The van der Waals surface area contributed by atoms with Crippen LogP contribution in [0.4, 0.5) is 4.79 Å². The predicted molar refractivity (Wildman–Crippen MR) is 62.8 cm³/mol. The lowest BCUT2D eigenvalue weighted by Gasteiger charge is -2.38. The first-order valence-corrected chi connectivity index (χ1v) is 6.45. The van der Waals surface area contributed by atoms with E-state index in [1.54, 1.807) is 0 Å². The molecule has 5 nitrogen and oxygen atoms in total. The highest BCUT2D eigenvalue weighted by Crippen LogP contribution is 2.31. The van der Waals surface area contributed by atoms with Crippen LogP contribution in [0.5, 0.6) is 0 Å². The maximum absolute atomic E-state index is 12.5. The molecule has 0 unspecified atom stereocenters. The van der Waals surface area contributed by atoms with Crippen molar-refractivity contribution in [3.05, 3.63) is 0 Å². The van der Waals surface area contributed by atoms with E-state index in [-0.39, 0.29) is 5.91 Å². The molecule has 5 heteroatoms. The molecule has 0 atom stereocenters. The summed E-state index contributed by atoms with van der Waals surface area (Å²) in [6.45, 7) is 1.56. The molecule has 0 spiro atoms. The first-order valence-electron chi connectivity index (χ1n) is 6.45. The lowest BCUT2D eigenvalue weighted by molar-refractivity contribution is -0.138. The maximum Gasteiger partial charge on any atom is 0.405 e. The average molecular weight is 240 g/mol. The Bertz CT molecular complexity index is 305. The summed E-state index contributed by atoms with van der Waals surface area (Å²) in [7, 11) is 0. The molecule has 1 aliphatic heterocycles. The van der Waals surface area contributed by atoms with Gasteiger partial charge in [-0.2, -0.15) is 0 Å². The average Bonchev–Trinajstić information content (AvgIpc) is 2.81. The molecule has 1 heterocycles. The number of nitrogens with one attached hydrogen (secondary N) is 1. The summed E-state index contributed by atoms with van der Waals surface area (Å²) >= 11 is 0. The lowest BCUT2D eigenvalue weighted by atomic mass is 9.80. The van der Waals surface area contributed by atoms with Gasteiger partial charge in [-0.15, -0.1) is 0 Å². The van der Waals surface area contributed by atoms with E-state index in [9.17, 15) is 9.59 Å². The van der Waals surface area contributed by atoms with Gasteiger partial charge in [0, 0.05) is 13.1 Å². The van der Waals surface area contributed by atoms with Gasteiger partial charge in [0.1, 0.15) is 5.54 Å². The molecule has 0 aromatic heterocycles. The molecular weight excluding hydrogens is 220 g/mol. The van der Waals surface area contributed by atoms with Crippen LogP contribution in [-0.4, -0.2) is 40.6 Å². The fourth-order valence-electron chi connectivity index (χ4n) is 2.98. The second-order valence-corrected chi connectivity index (χ2v) is 5.07. The van der Waals surface area contributed by atoms with Crippen molar-refractivity contribution in [2.45, 2.75) is 50.5 Å². The van der Waals surface area contributed by atoms with Crippen LogP contribution in [-0.2, 0) is 4.79 Å². The number of carbonyl (C=O) groups is 2. The van der Waals surface area contributed by atoms with Gasteiger partial charge in [-0.25, -0.2) is 4.79 Å². The third-order valence-corrected chi connectivity index (χ3v) is 3.86. The minimum Gasteiger partial charge on any atom is -0.465 e. The molecule has 2 aliphatic rings. The van der Waals surface area contributed by atoms with Crippen molar-refractivity contribution >= 4 is 12.0 Å². The van der Waals surface area contributed by atoms with Gasteiger partial charge < -0.3 is 15.3 Å². The zero-order valence-corrected chi connectivity index (χ0v) is 10.1. The molecule has 2 fully saturated rings. The second kappa shape index (κ2) is 4.94. The van der Waals surface area contributed by atoms with Gasteiger partial charge >= 0.3 is 6.09 Å². The molecule has 1 saturated heterocycles. The van der Waals surface area contributed by atoms with E-state index in [2.05, 4.69) is 5.32 Å². The summed E-state index contributed by atoms with van der Waals surface area (Å²) in [4.78, 5) is 25.2. The molecular formula is C12H20N2O3. The van der Waals surface area contributed by atoms with E-state index in [0.29, 0.717) is 12.8 Å². The topological polar surface area (TPSA) is 69.6 Å². The van der Waals surface area contributed by atoms with Crippen LogP contribution in [0.2, 0.25) is 0 Å². The van der Waals surface area contributed by atoms with Gasteiger partial charge in [-0.05, 0) is 25.7 Å². The van der Waals surface area contributed by atoms with Crippen LogP contribution in [0, 0.1) is 0 Å². The molecule has 96 valence electrons. The molecule has 17 heavy (non-hydrogen) atoms. The highest BCUT2D eigenvalue weighted by Gasteiger charge is 2.43. The zero-order valence-electron chi connectivity index (χ0n) is 10.1. The number of carbonyl (C=O) groups excluding carboxylic acids is 1. The fourth-order valence-corrected chi connectivity index (χ4v) is 2.98. The lowest BCUT2D eigenvalue weighted by Crippen LogP contribution is -2.59. The predicted octanol–water partition coefficient (Wildman–Crippen LogP) is 1.58. The van der Waals surface area contributed by atoms with Crippen molar-refractivity contribution in [2.75, 3.05) is 13.1 Å². The monoisotopic (exact) mass is 240 g/mol. The van der Waals surface area contributed by atoms with E-state index in [1.165, 1.54) is 0 Å². The molecule has 0 radical (unpaired) electrons. The van der Waals surface area contributed by atoms with Crippen molar-refractivity contribution < 1.29 is 14.7 Å². The number of carboxylic acid groups (broad SMARTS) is 1. The Hall–Kier alpha value is -1.26. The standard InChI is InChI=1S/C12H20N2O3/c15-10(14-8-4-5-9-14)12(13-11(16)17)6-2-1-3-7-12/h13H,1-9H2,(H,16,17). The molecule has 0 bridgehead atoms. The zero-order chi connectivity index (χ0) is 12.3. The number of amides is 2. The highest BCUT2D eigenvalue weighted by atomic mass is 16.4. The Morgan fingerprint density at radius 3 is 2.12 bits per heavy atom. The summed E-state index contributed by atoms with van der Waals surface area (Å²) < 4.78 is 0. The van der Waals surface area contributed by atoms with Gasteiger partial charge in [-0.1, -0.05) is 19.3 Å². The van der Waals surface area contributed by atoms with Crippen molar-refractivity contribution in [2.24, 2.45) is 0 Å². The summed E-state index contributed by atoms with van der Waals surface area (Å²) in [6.07, 6.45) is 5.24. The van der Waals surface area contributed by atoms with Gasteiger partial charge in [0.2, 0.25) is 5.91 Å². The van der Waals surface area contributed by atoms with E-state index in [4.69, 9.17) is 5.11 Å². The fraction of sp³-hybridized carbons (Fsp3) is 0.833. The second-order valence-electron chi connectivity index (χ2n) is 5.07. The number of likely N-dealkylation sites (tertiary alicyclic amines) is 1. The van der Waals surface area contributed by atoms with Crippen LogP contribution < -0.4 is 5.32 Å². The van der Waals surface area contributed by atoms with E-state index in [0.717, 1.165) is 45.2 Å². The van der Waals surface area contributed by atoms with Gasteiger partial charge in [0.15, 0.2) is 0 Å². The van der Waals surface area contributed by atoms with Crippen molar-refractivity contribution in [1.82, 2.24) is 10.2 Å². The van der Waals surface area contributed by atoms with E-state index < -0.39 is 11.6 Å². The smallest absolute Gasteiger partial charge is 0.405 e. The number of hydrogen-bond acceptors (Lipinski definition) is 2. The van der Waals surface area contributed by atoms with Crippen molar-refractivity contribution in [3.63, 3.8) is 0 Å². The summed E-state index contributed by atoms with van der Waals surface area (Å²) in [5, 5.41) is 11.4. The van der Waals surface area contributed by atoms with Crippen LogP contribution in [0.1, 0.15) is 44.9 Å². The highest BCUT2D eigenvalue weighted by molar-refractivity contribution is 5.90. The molecule has 0 aromatic rings. The maximum atomic E-state index is 12.5. The largest absolute Gasteiger partial charge is 0.465 e. The van der Waals surface area contributed by atoms with E-state index >= 15 is 0 Å². The quantitative estimate of drug-likeness (QED) is 0.770. The van der Waals surface area contributed by atoms with Crippen LogP contribution >= 0.6 is 0 Å². The third kappa shape index (κ3) is 2.53. The normalized spacial score (nSPS) is 23.4. The SMILES string of the molecule is O=C(O)NC1(C(=O)N2CCCC2)CCCCC1. The van der Waals surface area contributed by atoms with Crippen LogP contribution in [0.15, 0.2) is 0 Å². The van der Waals surface area contributed by atoms with E-state index in [1.807, 2.05) is 4.90 Å². The van der Waals surface area contributed by atoms with Crippen LogP contribution in [0.3, 0.4) is 0 Å². The Kier molecular flexibility index (Phi) is 3.54. The van der Waals surface area contributed by atoms with Crippen molar-refractivity contribution in [1.29, 1.82) is 0 Å². The molecule has 2 amide bonds. The first kappa shape index (κ1) is 12.2. The van der Waals surface area contributed by atoms with Gasteiger partial charge in [0.05, 0.1) is 0 Å². The summed E-state index contributed by atoms with van der Waals surface area (Å²) in [5.41, 5.74) is -0.839. The Morgan fingerprint density at radius 1 is 1.00 bits per heavy atom. The van der Waals surface area contributed by atoms with Crippen LogP contribution in [0.25, 0.3) is 0 Å². The molecule has 1 aliphatic carbocycles.